The summed E-state index contributed by atoms with van der Waals surface area (Å²) < 4.78 is 54.6. The maximum atomic E-state index is 12.1. The predicted molar refractivity (Wildman–Crippen MR) is 71.8 cm³/mol. The smallest absolute Gasteiger partial charge is 0.387 e. The zero-order chi connectivity index (χ0) is 15.5. The zero-order valence-electron chi connectivity index (χ0n) is 11.0. The number of H-pyrrole nitrogens is 1. The minimum absolute atomic E-state index is 0.0530. The van der Waals surface area contributed by atoms with Gasteiger partial charge < -0.3 is 9.72 Å². The normalized spacial score (nSPS) is 11.6. The Morgan fingerprint density at radius 1 is 1.33 bits per heavy atom. The lowest BCUT2D eigenvalue weighted by atomic mass is 10.3. The van der Waals surface area contributed by atoms with Crippen LogP contribution in [0.5, 0.6) is 5.75 Å². The van der Waals surface area contributed by atoms with Crippen molar-refractivity contribution in [3.8, 4) is 5.75 Å². The van der Waals surface area contributed by atoms with Crippen LogP contribution in [-0.2, 0) is 16.4 Å². The zero-order valence-corrected chi connectivity index (χ0v) is 11.8. The van der Waals surface area contributed by atoms with Crippen molar-refractivity contribution >= 4 is 15.7 Å². The van der Waals surface area contributed by atoms with Gasteiger partial charge in [-0.25, -0.2) is 4.98 Å². The molecule has 0 fully saturated rings. The van der Waals surface area contributed by atoms with Crippen molar-refractivity contribution < 1.29 is 21.9 Å². The topological polar surface area (TPSA) is 84.1 Å². The average Bonchev–Trinajstić information content (AvgIpc) is 2.90. The summed E-state index contributed by atoms with van der Waals surface area (Å²) in [7, 11) is -3.80. The third kappa shape index (κ3) is 3.91. The summed E-state index contributed by atoms with van der Waals surface area (Å²) in [6, 6.07) is 5.14. The van der Waals surface area contributed by atoms with Crippen LogP contribution in [0.2, 0.25) is 0 Å². The summed E-state index contributed by atoms with van der Waals surface area (Å²) in [4.78, 5) is 6.59. The summed E-state index contributed by atoms with van der Waals surface area (Å²) in [6.45, 7) is -1.09. The van der Waals surface area contributed by atoms with Gasteiger partial charge in [-0.3, -0.25) is 4.72 Å². The molecule has 0 radical (unpaired) electrons. The lowest BCUT2D eigenvalue weighted by molar-refractivity contribution is -0.0498. The molecule has 0 unspecified atom stereocenters. The SMILES string of the molecule is CCc1ncc(S(=O)(=O)Nc2ccc(OC(F)F)cc2)[nH]1. The van der Waals surface area contributed by atoms with E-state index < -0.39 is 16.6 Å². The number of rotatable bonds is 6. The highest BCUT2D eigenvalue weighted by molar-refractivity contribution is 7.92. The van der Waals surface area contributed by atoms with E-state index in [4.69, 9.17) is 0 Å². The molecule has 6 nitrogen and oxygen atoms in total. The maximum Gasteiger partial charge on any atom is 0.387 e. The van der Waals surface area contributed by atoms with Gasteiger partial charge in [-0.15, -0.1) is 0 Å². The monoisotopic (exact) mass is 317 g/mol. The van der Waals surface area contributed by atoms with Gasteiger partial charge in [0.05, 0.1) is 6.20 Å². The van der Waals surface area contributed by atoms with E-state index in [0.717, 1.165) is 0 Å². The van der Waals surface area contributed by atoms with Crippen LogP contribution in [0.4, 0.5) is 14.5 Å². The molecule has 114 valence electrons. The van der Waals surface area contributed by atoms with Crippen molar-refractivity contribution in [2.75, 3.05) is 4.72 Å². The lowest BCUT2D eigenvalue weighted by Gasteiger charge is -2.08. The van der Waals surface area contributed by atoms with Crippen LogP contribution in [0.3, 0.4) is 0 Å². The number of nitrogens with zero attached hydrogens (tertiary/aromatic N) is 1. The Bertz CT molecular complexity index is 699. The molecule has 0 aliphatic heterocycles. The molecule has 0 saturated heterocycles. The minimum Gasteiger partial charge on any atom is -0.435 e. The number of benzene rings is 1. The summed E-state index contributed by atoms with van der Waals surface area (Å²) >= 11 is 0. The van der Waals surface area contributed by atoms with Crippen LogP contribution >= 0.6 is 0 Å². The van der Waals surface area contributed by atoms with Crippen molar-refractivity contribution in [2.24, 2.45) is 0 Å². The van der Waals surface area contributed by atoms with Crippen LogP contribution in [0, 0.1) is 0 Å². The molecule has 0 atom stereocenters. The van der Waals surface area contributed by atoms with Crippen molar-refractivity contribution in [1.82, 2.24) is 9.97 Å². The highest BCUT2D eigenvalue weighted by atomic mass is 32.2. The van der Waals surface area contributed by atoms with Crippen molar-refractivity contribution in [1.29, 1.82) is 0 Å². The largest absolute Gasteiger partial charge is 0.435 e. The number of anilines is 1. The Hall–Kier alpha value is -2.16. The number of aromatic nitrogens is 2. The number of aryl methyl sites for hydroxylation is 1. The van der Waals surface area contributed by atoms with Gasteiger partial charge >= 0.3 is 6.61 Å². The molecule has 2 aromatic rings. The number of ether oxygens (including phenoxy) is 1. The average molecular weight is 317 g/mol. The lowest BCUT2D eigenvalue weighted by Crippen LogP contribution is -2.13. The number of sulfonamides is 1. The first kappa shape index (κ1) is 15.2. The van der Waals surface area contributed by atoms with Gasteiger partial charge in [-0.2, -0.15) is 17.2 Å². The van der Waals surface area contributed by atoms with Crippen molar-refractivity contribution in [2.45, 2.75) is 25.0 Å². The second-order valence-corrected chi connectivity index (χ2v) is 5.71. The van der Waals surface area contributed by atoms with Gasteiger partial charge in [-0.05, 0) is 24.3 Å². The number of hydrogen-bond donors (Lipinski definition) is 2. The Balaban J connectivity index is 2.13. The van der Waals surface area contributed by atoms with E-state index in [1.54, 1.807) is 0 Å². The Morgan fingerprint density at radius 2 is 2.00 bits per heavy atom. The number of halogens is 2. The van der Waals surface area contributed by atoms with Crippen molar-refractivity contribution in [3.05, 3.63) is 36.3 Å². The van der Waals surface area contributed by atoms with Gasteiger partial charge in [-0.1, -0.05) is 6.92 Å². The first-order chi connectivity index (χ1) is 9.90. The fraction of sp³-hybridized carbons (Fsp3) is 0.250. The molecule has 9 heteroatoms. The number of aromatic amines is 1. The fourth-order valence-electron chi connectivity index (χ4n) is 1.57. The summed E-state index contributed by atoms with van der Waals surface area (Å²) in [6.07, 6.45) is 1.80. The van der Waals surface area contributed by atoms with Crippen LogP contribution < -0.4 is 9.46 Å². The van der Waals surface area contributed by atoms with Gasteiger partial charge in [0.25, 0.3) is 10.0 Å². The number of alkyl halides is 2. The third-order valence-corrected chi connectivity index (χ3v) is 3.85. The maximum absolute atomic E-state index is 12.1. The van der Waals surface area contributed by atoms with E-state index in [9.17, 15) is 17.2 Å². The third-order valence-electron chi connectivity index (χ3n) is 2.56. The Morgan fingerprint density at radius 3 is 2.52 bits per heavy atom. The number of nitrogens with one attached hydrogen (secondary N) is 2. The molecule has 0 amide bonds. The molecule has 0 bridgehead atoms. The van der Waals surface area contributed by atoms with E-state index in [0.29, 0.717) is 12.2 Å². The van der Waals surface area contributed by atoms with Gasteiger partial charge in [0.1, 0.15) is 11.6 Å². The molecule has 2 rings (SSSR count). The standard InChI is InChI=1S/C12H13F2N3O3S/c1-2-10-15-7-11(16-10)21(18,19)17-8-3-5-9(6-4-8)20-12(13)14/h3-7,12,17H,2H2,1H3,(H,15,16). The Labute approximate surface area is 120 Å². The van der Waals surface area contributed by atoms with Crippen LogP contribution in [0.25, 0.3) is 0 Å². The molecule has 1 aromatic carbocycles. The van der Waals surface area contributed by atoms with E-state index in [2.05, 4.69) is 19.4 Å². The van der Waals surface area contributed by atoms with Crippen molar-refractivity contribution in [3.63, 3.8) is 0 Å². The summed E-state index contributed by atoms with van der Waals surface area (Å²) in [5.41, 5.74) is 0.226. The molecule has 2 N–H and O–H groups in total. The molecule has 0 spiro atoms. The number of hydrogen-bond acceptors (Lipinski definition) is 4. The first-order valence-electron chi connectivity index (χ1n) is 6.02. The highest BCUT2D eigenvalue weighted by Crippen LogP contribution is 2.20. The molecule has 0 aliphatic carbocycles. The minimum atomic E-state index is -3.80. The van der Waals surface area contributed by atoms with E-state index in [1.807, 2.05) is 6.92 Å². The van der Waals surface area contributed by atoms with E-state index in [-0.39, 0.29) is 16.5 Å². The molecular weight excluding hydrogens is 304 g/mol. The molecular formula is C12H13F2N3O3S. The quantitative estimate of drug-likeness (QED) is 0.856. The van der Waals surface area contributed by atoms with E-state index in [1.165, 1.54) is 30.5 Å². The van der Waals surface area contributed by atoms with Gasteiger partial charge in [0.2, 0.25) is 0 Å². The van der Waals surface area contributed by atoms with Crippen LogP contribution in [0.1, 0.15) is 12.7 Å². The summed E-state index contributed by atoms with van der Waals surface area (Å²) in [5.74, 6) is 0.499. The molecule has 0 aliphatic rings. The highest BCUT2D eigenvalue weighted by Gasteiger charge is 2.17. The second kappa shape index (κ2) is 6.08. The van der Waals surface area contributed by atoms with Crippen LogP contribution in [-0.4, -0.2) is 25.0 Å². The number of imidazole rings is 1. The second-order valence-electron chi connectivity index (χ2n) is 4.06. The Kier molecular flexibility index (Phi) is 4.41. The predicted octanol–water partition coefficient (Wildman–Crippen LogP) is 2.37. The molecule has 0 saturated carbocycles. The molecule has 1 aromatic heterocycles. The van der Waals surface area contributed by atoms with Gasteiger partial charge in [0.15, 0.2) is 5.03 Å². The summed E-state index contributed by atoms with van der Waals surface area (Å²) in [5, 5.41) is -0.0627. The van der Waals surface area contributed by atoms with Gasteiger partial charge in [0, 0.05) is 12.1 Å². The molecule has 21 heavy (non-hydrogen) atoms. The molecule has 1 heterocycles. The fourth-order valence-corrected chi connectivity index (χ4v) is 2.57. The first-order valence-corrected chi connectivity index (χ1v) is 7.50. The van der Waals surface area contributed by atoms with E-state index >= 15 is 0 Å². The van der Waals surface area contributed by atoms with Crippen LogP contribution in [0.15, 0.2) is 35.5 Å².